The van der Waals surface area contributed by atoms with Crippen molar-refractivity contribution in [2.75, 3.05) is 20.2 Å². The highest BCUT2D eigenvalue weighted by atomic mass is 32.1. The maximum absolute atomic E-state index is 13.6. The third-order valence-corrected chi connectivity index (χ3v) is 6.12. The van der Waals surface area contributed by atoms with E-state index in [0.29, 0.717) is 26.2 Å². The van der Waals surface area contributed by atoms with Crippen LogP contribution in [-0.4, -0.2) is 48.0 Å². The smallest absolute Gasteiger partial charge is 0.317 e. The number of thiophene rings is 1. The SMILES string of the molecule is COc1ccccc1CN(Cc1cccs1)C(=O)[C@H]1CCCN(C(=O)NC(C)C)C1. The zero-order valence-electron chi connectivity index (χ0n) is 18.0. The number of piperidine rings is 1. The molecule has 6 nitrogen and oxygen atoms in total. The van der Waals surface area contributed by atoms with E-state index < -0.39 is 0 Å². The third kappa shape index (κ3) is 5.75. The van der Waals surface area contributed by atoms with Crippen molar-refractivity contribution < 1.29 is 14.3 Å². The van der Waals surface area contributed by atoms with E-state index in [2.05, 4.69) is 11.4 Å². The maximum atomic E-state index is 13.6. The molecule has 2 heterocycles. The molecule has 162 valence electrons. The molecule has 0 unspecified atom stereocenters. The summed E-state index contributed by atoms with van der Waals surface area (Å²) >= 11 is 1.65. The number of ether oxygens (including phenoxy) is 1. The van der Waals surface area contributed by atoms with Crippen LogP contribution >= 0.6 is 11.3 Å². The predicted molar refractivity (Wildman–Crippen MR) is 120 cm³/mol. The zero-order valence-corrected chi connectivity index (χ0v) is 18.8. The Bertz CT molecular complexity index is 838. The molecule has 30 heavy (non-hydrogen) atoms. The summed E-state index contributed by atoms with van der Waals surface area (Å²) in [5, 5.41) is 4.97. The molecule has 1 fully saturated rings. The number of rotatable bonds is 7. The highest BCUT2D eigenvalue weighted by Gasteiger charge is 2.32. The van der Waals surface area contributed by atoms with E-state index in [-0.39, 0.29) is 23.9 Å². The molecule has 1 aromatic carbocycles. The Labute approximate surface area is 182 Å². The first-order valence-electron chi connectivity index (χ1n) is 10.5. The summed E-state index contributed by atoms with van der Waals surface area (Å²) in [7, 11) is 1.65. The first-order chi connectivity index (χ1) is 14.5. The summed E-state index contributed by atoms with van der Waals surface area (Å²) in [6.07, 6.45) is 1.64. The van der Waals surface area contributed by atoms with Crippen LogP contribution in [0.25, 0.3) is 0 Å². The quantitative estimate of drug-likeness (QED) is 0.720. The minimum atomic E-state index is -0.189. The number of para-hydroxylation sites is 1. The summed E-state index contributed by atoms with van der Waals surface area (Å²) in [6.45, 7) is 6.09. The first kappa shape index (κ1) is 22.2. The molecule has 1 atom stereocenters. The van der Waals surface area contributed by atoms with Crippen LogP contribution in [-0.2, 0) is 17.9 Å². The van der Waals surface area contributed by atoms with Crippen LogP contribution < -0.4 is 10.1 Å². The fourth-order valence-electron chi connectivity index (χ4n) is 3.80. The van der Waals surface area contributed by atoms with Gasteiger partial charge in [0.2, 0.25) is 5.91 Å². The molecule has 0 radical (unpaired) electrons. The van der Waals surface area contributed by atoms with Gasteiger partial charge >= 0.3 is 6.03 Å². The highest BCUT2D eigenvalue weighted by Crippen LogP contribution is 2.25. The second-order valence-corrected chi connectivity index (χ2v) is 9.01. The lowest BCUT2D eigenvalue weighted by atomic mass is 9.96. The Morgan fingerprint density at radius 1 is 1.23 bits per heavy atom. The number of carbonyl (C=O) groups is 2. The van der Waals surface area contributed by atoms with Crippen molar-refractivity contribution in [1.29, 1.82) is 0 Å². The van der Waals surface area contributed by atoms with Crippen molar-refractivity contribution in [3.63, 3.8) is 0 Å². The molecule has 3 amide bonds. The van der Waals surface area contributed by atoms with Crippen molar-refractivity contribution in [2.45, 2.75) is 45.8 Å². The van der Waals surface area contributed by atoms with Crippen LogP contribution in [0.2, 0.25) is 0 Å². The van der Waals surface area contributed by atoms with Gasteiger partial charge in [0.15, 0.2) is 0 Å². The number of benzene rings is 1. The van der Waals surface area contributed by atoms with Gasteiger partial charge in [0, 0.05) is 36.1 Å². The van der Waals surface area contributed by atoms with Gasteiger partial charge < -0.3 is 19.9 Å². The van der Waals surface area contributed by atoms with Gasteiger partial charge in [-0.1, -0.05) is 24.3 Å². The summed E-state index contributed by atoms with van der Waals surface area (Å²) < 4.78 is 5.50. The van der Waals surface area contributed by atoms with Gasteiger partial charge in [-0.25, -0.2) is 4.79 Å². The van der Waals surface area contributed by atoms with E-state index in [4.69, 9.17) is 4.74 Å². The normalized spacial score (nSPS) is 16.4. The summed E-state index contributed by atoms with van der Waals surface area (Å²) in [6, 6.07) is 11.9. The minimum absolute atomic E-state index is 0.0782. The Kier molecular flexibility index (Phi) is 7.74. The highest BCUT2D eigenvalue weighted by molar-refractivity contribution is 7.09. The van der Waals surface area contributed by atoms with Gasteiger partial charge in [-0.3, -0.25) is 4.79 Å². The van der Waals surface area contributed by atoms with Gasteiger partial charge in [0.05, 0.1) is 19.6 Å². The number of hydrogen-bond donors (Lipinski definition) is 1. The van der Waals surface area contributed by atoms with Crippen molar-refractivity contribution in [3.8, 4) is 5.75 Å². The number of methoxy groups -OCH3 is 1. The van der Waals surface area contributed by atoms with Crippen LogP contribution in [0.5, 0.6) is 5.75 Å². The fourth-order valence-corrected chi connectivity index (χ4v) is 4.52. The number of nitrogens with one attached hydrogen (secondary N) is 1. The standard InChI is InChI=1S/C23H31N3O3S/c1-17(2)24-23(28)25-12-6-9-19(15-25)22(27)26(16-20-10-7-13-30-20)14-18-8-4-5-11-21(18)29-3/h4-5,7-8,10-11,13,17,19H,6,9,12,14-16H2,1-3H3,(H,24,28)/t19-/m0/s1. The molecular formula is C23H31N3O3S. The van der Waals surface area contributed by atoms with Gasteiger partial charge in [0.1, 0.15) is 5.75 Å². The van der Waals surface area contributed by atoms with E-state index in [1.165, 1.54) is 0 Å². The van der Waals surface area contributed by atoms with Crippen LogP contribution in [0.1, 0.15) is 37.1 Å². The molecular weight excluding hydrogens is 398 g/mol. The Balaban J connectivity index is 1.76. The molecule has 1 aliphatic rings. The monoisotopic (exact) mass is 429 g/mol. The van der Waals surface area contributed by atoms with Crippen LogP contribution in [0.4, 0.5) is 4.79 Å². The number of carbonyl (C=O) groups excluding carboxylic acids is 2. The molecule has 1 N–H and O–H groups in total. The minimum Gasteiger partial charge on any atom is -0.496 e. The number of hydrogen-bond acceptors (Lipinski definition) is 4. The predicted octanol–water partition coefficient (Wildman–Crippen LogP) is 4.12. The van der Waals surface area contributed by atoms with Gasteiger partial charge in [-0.2, -0.15) is 0 Å². The van der Waals surface area contributed by atoms with Gasteiger partial charge in [0.25, 0.3) is 0 Å². The van der Waals surface area contributed by atoms with Crippen molar-refractivity contribution in [1.82, 2.24) is 15.1 Å². The van der Waals surface area contributed by atoms with Crippen LogP contribution in [0.15, 0.2) is 41.8 Å². The molecule has 0 spiro atoms. The summed E-state index contributed by atoms with van der Waals surface area (Å²) in [4.78, 5) is 30.8. The van der Waals surface area contributed by atoms with Crippen LogP contribution in [0.3, 0.4) is 0 Å². The lowest BCUT2D eigenvalue weighted by Crippen LogP contribution is -2.50. The fraction of sp³-hybridized carbons (Fsp3) is 0.478. The number of amides is 3. The van der Waals surface area contributed by atoms with Crippen LogP contribution in [0, 0.1) is 5.92 Å². The topological polar surface area (TPSA) is 61.9 Å². The largest absolute Gasteiger partial charge is 0.496 e. The molecule has 7 heteroatoms. The van der Waals surface area contributed by atoms with Crippen molar-refractivity contribution in [3.05, 3.63) is 52.2 Å². The van der Waals surface area contributed by atoms with E-state index in [9.17, 15) is 9.59 Å². The van der Waals surface area contributed by atoms with Gasteiger partial charge in [-0.05, 0) is 44.2 Å². The Morgan fingerprint density at radius 3 is 2.73 bits per heavy atom. The van der Waals surface area contributed by atoms with Gasteiger partial charge in [-0.15, -0.1) is 11.3 Å². The average molecular weight is 430 g/mol. The molecule has 3 rings (SSSR count). The Hall–Kier alpha value is -2.54. The molecule has 1 aromatic heterocycles. The third-order valence-electron chi connectivity index (χ3n) is 5.26. The number of likely N-dealkylation sites (tertiary alicyclic amines) is 1. The number of nitrogens with zero attached hydrogens (tertiary/aromatic N) is 2. The van der Waals surface area contributed by atoms with Crippen molar-refractivity contribution in [2.24, 2.45) is 5.92 Å². The summed E-state index contributed by atoms with van der Waals surface area (Å²) in [5.74, 6) is 0.686. The average Bonchev–Trinajstić information content (AvgIpc) is 3.26. The molecule has 0 aliphatic carbocycles. The first-order valence-corrected chi connectivity index (χ1v) is 11.3. The van der Waals surface area contributed by atoms with E-state index in [1.54, 1.807) is 23.3 Å². The zero-order chi connectivity index (χ0) is 21.5. The Morgan fingerprint density at radius 2 is 2.03 bits per heavy atom. The van der Waals surface area contributed by atoms with E-state index in [1.807, 2.05) is 54.5 Å². The molecule has 2 aromatic rings. The lowest BCUT2D eigenvalue weighted by molar-refractivity contribution is -0.138. The second kappa shape index (κ2) is 10.5. The molecule has 0 bridgehead atoms. The maximum Gasteiger partial charge on any atom is 0.317 e. The van der Waals surface area contributed by atoms with E-state index in [0.717, 1.165) is 29.0 Å². The molecule has 1 aliphatic heterocycles. The molecule has 0 saturated carbocycles. The lowest BCUT2D eigenvalue weighted by Gasteiger charge is -2.35. The van der Waals surface area contributed by atoms with Crippen molar-refractivity contribution >= 4 is 23.3 Å². The van der Waals surface area contributed by atoms with E-state index >= 15 is 0 Å². The molecule has 1 saturated heterocycles. The number of urea groups is 1. The second-order valence-electron chi connectivity index (χ2n) is 7.97. The summed E-state index contributed by atoms with van der Waals surface area (Å²) in [5.41, 5.74) is 0.982.